The van der Waals surface area contributed by atoms with Crippen LogP contribution in [-0.4, -0.2) is 43.2 Å². The Morgan fingerprint density at radius 3 is 1.73 bits per heavy atom. The Hall–Kier alpha value is 0.642. The molecule has 6 heteroatoms. The topological polar surface area (TPSA) is 67.0 Å². The van der Waals surface area contributed by atoms with Gasteiger partial charge in [-0.2, -0.15) is 0 Å². The van der Waals surface area contributed by atoms with Gasteiger partial charge in [0.2, 0.25) is 0 Å². The standard InChI is InChI=1S/C5H13O3P.Al.H2O.3H/c1-4-5-9(6,7-2)8-3;;;;;/h4-5H2,1-3H3;;1H2;;;. The van der Waals surface area contributed by atoms with Crippen LogP contribution < -0.4 is 0 Å². The van der Waals surface area contributed by atoms with Gasteiger partial charge >= 0.3 is 7.60 Å². The summed E-state index contributed by atoms with van der Waals surface area (Å²) in [5.41, 5.74) is 0. The first kappa shape index (κ1) is 17.7. The zero-order valence-electron chi connectivity index (χ0n) is 6.59. The zero-order valence-corrected chi connectivity index (χ0v) is 7.48. The summed E-state index contributed by atoms with van der Waals surface area (Å²) in [5, 5.41) is 0. The molecule has 0 bridgehead atoms. The monoisotopic (exact) mass is 200 g/mol. The van der Waals surface area contributed by atoms with E-state index in [9.17, 15) is 4.57 Å². The summed E-state index contributed by atoms with van der Waals surface area (Å²) < 4.78 is 20.4. The van der Waals surface area contributed by atoms with E-state index in [-0.39, 0.29) is 22.8 Å². The van der Waals surface area contributed by atoms with Gasteiger partial charge in [0, 0.05) is 20.4 Å². The second-order valence-corrected chi connectivity index (χ2v) is 4.10. The largest absolute Gasteiger partial charge is 0.412 e. The van der Waals surface area contributed by atoms with Gasteiger partial charge in [-0.15, -0.1) is 0 Å². The van der Waals surface area contributed by atoms with Gasteiger partial charge in [0.25, 0.3) is 0 Å². The predicted molar refractivity (Wildman–Crippen MR) is 50.3 cm³/mol. The smallest absolute Gasteiger partial charge is 0.330 e. The van der Waals surface area contributed by atoms with Crippen molar-refractivity contribution in [2.24, 2.45) is 0 Å². The molecule has 0 heterocycles. The molecule has 0 saturated carbocycles. The van der Waals surface area contributed by atoms with Crippen LogP contribution in [0.4, 0.5) is 0 Å². The van der Waals surface area contributed by atoms with Crippen molar-refractivity contribution in [1.82, 2.24) is 0 Å². The van der Waals surface area contributed by atoms with Gasteiger partial charge in [0.05, 0.1) is 0 Å². The molecular weight excluding hydrogens is 182 g/mol. The Bertz CT molecular complexity index is 111. The third-order valence-electron chi connectivity index (χ3n) is 1.05. The van der Waals surface area contributed by atoms with Crippen molar-refractivity contribution in [3.63, 3.8) is 0 Å². The molecule has 0 aliphatic rings. The SMILES string of the molecule is CCCP(=O)(OC)OC.O.[AlH3]. The summed E-state index contributed by atoms with van der Waals surface area (Å²) in [6.07, 6.45) is 1.32. The van der Waals surface area contributed by atoms with E-state index in [1.807, 2.05) is 6.92 Å². The molecule has 70 valence electrons. The molecule has 0 radical (unpaired) electrons. The molecule has 0 amide bonds. The summed E-state index contributed by atoms with van der Waals surface area (Å²) >= 11 is 0. The van der Waals surface area contributed by atoms with Crippen LogP contribution in [0, 0.1) is 0 Å². The highest BCUT2D eigenvalue weighted by molar-refractivity contribution is 7.53. The number of hydrogen-bond donors (Lipinski definition) is 0. The Morgan fingerprint density at radius 1 is 1.27 bits per heavy atom. The fraction of sp³-hybridized carbons (Fsp3) is 1.00. The van der Waals surface area contributed by atoms with Crippen molar-refractivity contribution in [2.75, 3.05) is 20.4 Å². The van der Waals surface area contributed by atoms with Crippen molar-refractivity contribution in [1.29, 1.82) is 0 Å². The Morgan fingerprint density at radius 2 is 1.64 bits per heavy atom. The van der Waals surface area contributed by atoms with E-state index in [2.05, 4.69) is 9.05 Å². The molecule has 0 rings (SSSR count). The number of rotatable bonds is 4. The molecule has 2 N–H and O–H groups in total. The summed E-state index contributed by atoms with van der Waals surface area (Å²) in [5.74, 6) is 0. The quantitative estimate of drug-likeness (QED) is 0.469. The molecular formula is C5H18AlO4P. The lowest BCUT2D eigenvalue weighted by molar-refractivity contribution is 0.276. The second kappa shape index (κ2) is 8.74. The predicted octanol–water partition coefficient (Wildman–Crippen LogP) is -0.126. The van der Waals surface area contributed by atoms with Crippen molar-refractivity contribution in [3.8, 4) is 0 Å². The first-order valence-corrected chi connectivity index (χ1v) is 4.62. The van der Waals surface area contributed by atoms with E-state index in [0.29, 0.717) is 6.16 Å². The number of hydrogen-bond acceptors (Lipinski definition) is 3. The van der Waals surface area contributed by atoms with Gasteiger partial charge in [-0.1, -0.05) is 6.92 Å². The minimum Gasteiger partial charge on any atom is -0.412 e. The molecule has 0 atom stereocenters. The molecule has 0 spiro atoms. The van der Waals surface area contributed by atoms with Crippen molar-refractivity contribution in [2.45, 2.75) is 13.3 Å². The molecule has 0 aliphatic heterocycles. The van der Waals surface area contributed by atoms with Gasteiger partial charge in [-0.25, -0.2) is 0 Å². The fourth-order valence-electron chi connectivity index (χ4n) is 0.531. The van der Waals surface area contributed by atoms with Gasteiger partial charge in [0.1, 0.15) is 0 Å². The molecule has 0 saturated heterocycles. The van der Waals surface area contributed by atoms with E-state index >= 15 is 0 Å². The summed E-state index contributed by atoms with van der Waals surface area (Å²) in [6, 6.07) is 0. The molecule has 4 nitrogen and oxygen atoms in total. The third-order valence-corrected chi connectivity index (χ3v) is 3.16. The first-order chi connectivity index (χ1) is 4.18. The van der Waals surface area contributed by atoms with Crippen molar-refractivity contribution in [3.05, 3.63) is 0 Å². The van der Waals surface area contributed by atoms with Crippen LogP contribution in [0.2, 0.25) is 0 Å². The molecule has 0 fully saturated rings. The van der Waals surface area contributed by atoms with Crippen LogP contribution in [0.3, 0.4) is 0 Å². The molecule has 11 heavy (non-hydrogen) atoms. The molecule has 0 unspecified atom stereocenters. The van der Waals surface area contributed by atoms with Gasteiger partial charge < -0.3 is 14.5 Å². The summed E-state index contributed by atoms with van der Waals surface area (Å²) in [4.78, 5) is 0. The van der Waals surface area contributed by atoms with E-state index in [1.54, 1.807) is 0 Å². The average molecular weight is 200 g/mol. The lowest BCUT2D eigenvalue weighted by Crippen LogP contribution is -1.92. The van der Waals surface area contributed by atoms with Crippen molar-refractivity contribution < 1.29 is 19.1 Å². The average Bonchev–Trinajstić information content (AvgIpc) is 1.89. The normalized spacial score (nSPS) is 9.73. The van der Waals surface area contributed by atoms with E-state index < -0.39 is 7.60 Å². The molecule has 0 aromatic carbocycles. The summed E-state index contributed by atoms with van der Waals surface area (Å²) in [6.45, 7) is 1.94. The van der Waals surface area contributed by atoms with Crippen LogP contribution in [-0.2, 0) is 13.6 Å². The Labute approximate surface area is 78.2 Å². The van der Waals surface area contributed by atoms with Crippen molar-refractivity contribution >= 4 is 25.0 Å². The van der Waals surface area contributed by atoms with Gasteiger partial charge in [-0.05, 0) is 6.42 Å². The van der Waals surface area contributed by atoms with E-state index in [4.69, 9.17) is 0 Å². The lowest BCUT2D eigenvalue weighted by Gasteiger charge is -2.10. The van der Waals surface area contributed by atoms with E-state index in [0.717, 1.165) is 6.42 Å². The fourth-order valence-corrected chi connectivity index (χ4v) is 1.59. The third kappa shape index (κ3) is 7.02. The highest BCUT2D eigenvalue weighted by Crippen LogP contribution is 2.46. The van der Waals surface area contributed by atoms with Crippen LogP contribution in [0.5, 0.6) is 0 Å². The lowest BCUT2D eigenvalue weighted by atomic mass is 10.6. The maximum absolute atomic E-state index is 11.1. The maximum atomic E-state index is 11.1. The van der Waals surface area contributed by atoms with Gasteiger partial charge in [-0.3, -0.25) is 4.57 Å². The minimum absolute atomic E-state index is 0. The highest BCUT2D eigenvalue weighted by atomic mass is 31.2. The van der Waals surface area contributed by atoms with Crippen LogP contribution in [0.15, 0.2) is 0 Å². The van der Waals surface area contributed by atoms with Crippen LogP contribution in [0.1, 0.15) is 13.3 Å². The second-order valence-electron chi connectivity index (χ2n) is 1.70. The Kier molecular flexibility index (Phi) is 14.0. The van der Waals surface area contributed by atoms with Crippen LogP contribution >= 0.6 is 7.60 Å². The van der Waals surface area contributed by atoms with Gasteiger partial charge in [0.15, 0.2) is 17.4 Å². The maximum Gasteiger partial charge on any atom is 0.330 e. The Balaban J connectivity index is -0.000000320. The molecule has 0 aromatic heterocycles. The zero-order chi connectivity index (χ0) is 7.33. The van der Waals surface area contributed by atoms with E-state index in [1.165, 1.54) is 14.2 Å². The van der Waals surface area contributed by atoms with Crippen LogP contribution in [0.25, 0.3) is 0 Å². The minimum atomic E-state index is -2.68. The molecule has 0 aliphatic carbocycles. The first-order valence-electron chi connectivity index (χ1n) is 2.89. The highest BCUT2D eigenvalue weighted by Gasteiger charge is 2.18. The summed E-state index contributed by atoms with van der Waals surface area (Å²) in [7, 11) is 0.124. The molecule has 0 aromatic rings.